The normalized spacial score (nSPS) is 17.1. The quantitative estimate of drug-likeness (QED) is 0.305. The zero-order valence-corrected chi connectivity index (χ0v) is 21.9. The van der Waals surface area contributed by atoms with E-state index in [0.717, 1.165) is 36.1 Å². The molecule has 0 spiro atoms. The van der Waals surface area contributed by atoms with E-state index in [1.807, 2.05) is 47.5 Å². The van der Waals surface area contributed by atoms with E-state index in [0.29, 0.717) is 29.5 Å². The van der Waals surface area contributed by atoms with Crippen LogP contribution in [-0.2, 0) is 24.2 Å². The highest BCUT2D eigenvalue weighted by atomic mass is 19.1. The fourth-order valence-corrected chi connectivity index (χ4v) is 5.42. The Morgan fingerprint density at radius 1 is 1.10 bits per heavy atom. The molecular weight excluding hydrogens is 507 g/mol. The smallest absolute Gasteiger partial charge is 0.257 e. The van der Waals surface area contributed by atoms with Crippen LogP contribution in [0, 0.1) is 17.1 Å². The van der Waals surface area contributed by atoms with Crippen LogP contribution in [0.2, 0.25) is 0 Å². The number of carbonyl (C=O) groups excluding carboxylic acids is 1. The Balaban J connectivity index is 1.15. The molecule has 40 heavy (non-hydrogen) atoms. The third kappa shape index (κ3) is 5.39. The fraction of sp³-hybridized carbons (Fsp3) is 0.281. The van der Waals surface area contributed by atoms with Gasteiger partial charge in [-0.2, -0.15) is 10.4 Å². The molecule has 2 aliphatic carbocycles. The Morgan fingerprint density at radius 3 is 2.58 bits per heavy atom. The lowest BCUT2D eigenvalue weighted by atomic mass is 9.91. The van der Waals surface area contributed by atoms with Gasteiger partial charge in [-0.25, -0.2) is 9.07 Å². The molecule has 1 amide bonds. The van der Waals surface area contributed by atoms with E-state index in [2.05, 4.69) is 5.10 Å². The molecular formula is C32H29FN4O3. The number of aliphatic hydroxyl groups is 1. The van der Waals surface area contributed by atoms with Crippen LogP contribution >= 0.6 is 0 Å². The Bertz CT molecular complexity index is 1560. The van der Waals surface area contributed by atoms with Gasteiger partial charge in [-0.3, -0.25) is 4.79 Å². The molecule has 2 atom stereocenters. The van der Waals surface area contributed by atoms with Crippen molar-refractivity contribution >= 4 is 5.91 Å². The molecule has 1 heterocycles. The number of hydrogen-bond donors (Lipinski definition) is 1. The van der Waals surface area contributed by atoms with Crippen molar-refractivity contribution in [3.8, 4) is 17.2 Å². The van der Waals surface area contributed by atoms with Crippen LogP contribution in [0.5, 0.6) is 0 Å². The van der Waals surface area contributed by atoms with Crippen LogP contribution in [0.25, 0.3) is 11.1 Å². The van der Waals surface area contributed by atoms with E-state index < -0.39 is 12.2 Å². The molecule has 7 nitrogen and oxygen atoms in total. The number of aromatic nitrogens is 2. The average molecular weight is 537 g/mol. The summed E-state index contributed by atoms with van der Waals surface area (Å²) in [5.41, 5.74) is 4.79. The van der Waals surface area contributed by atoms with E-state index in [9.17, 15) is 14.3 Å². The minimum absolute atomic E-state index is 0.0265. The summed E-state index contributed by atoms with van der Waals surface area (Å²) in [5, 5.41) is 24.1. The number of fused-ring (bicyclic) bond motifs is 1. The summed E-state index contributed by atoms with van der Waals surface area (Å²) >= 11 is 0. The zero-order chi connectivity index (χ0) is 27.6. The number of carbonyl (C=O) groups is 1. The highest BCUT2D eigenvalue weighted by molar-refractivity contribution is 5.95. The first kappa shape index (κ1) is 25.9. The molecule has 0 aliphatic heterocycles. The van der Waals surface area contributed by atoms with Gasteiger partial charge in [0, 0.05) is 29.4 Å². The van der Waals surface area contributed by atoms with Gasteiger partial charge in [-0.15, -0.1) is 0 Å². The van der Waals surface area contributed by atoms with E-state index in [1.165, 1.54) is 10.7 Å². The summed E-state index contributed by atoms with van der Waals surface area (Å²) in [5.74, 6) is -0.492. The highest BCUT2D eigenvalue weighted by Gasteiger charge is 2.39. The van der Waals surface area contributed by atoms with Crippen molar-refractivity contribution < 1.29 is 19.0 Å². The summed E-state index contributed by atoms with van der Waals surface area (Å²) in [6.45, 7) is 0.274. The molecule has 3 aromatic carbocycles. The van der Waals surface area contributed by atoms with Gasteiger partial charge >= 0.3 is 0 Å². The fourth-order valence-electron chi connectivity index (χ4n) is 5.42. The summed E-state index contributed by atoms with van der Waals surface area (Å²) in [7, 11) is 0. The van der Waals surface area contributed by atoms with Crippen molar-refractivity contribution in [2.75, 3.05) is 0 Å². The molecule has 4 aromatic rings. The predicted molar refractivity (Wildman–Crippen MR) is 146 cm³/mol. The van der Waals surface area contributed by atoms with Gasteiger partial charge in [0.1, 0.15) is 5.82 Å². The van der Waals surface area contributed by atoms with Gasteiger partial charge in [0.05, 0.1) is 23.9 Å². The number of nitriles is 1. The maximum absolute atomic E-state index is 14.5. The van der Waals surface area contributed by atoms with Crippen LogP contribution in [0.15, 0.2) is 79.0 Å². The van der Waals surface area contributed by atoms with Crippen LogP contribution < -0.4 is 0 Å². The number of aryl methyl sites for hydroxylation is 1. The molecule has 2 unspecified atom stereocenters. The second kappa shape index (κ2) is 11.0. The first-order valence-corrected chi connectivity index (χ1v) is 13.5. The maximum atomic E-state index is 14.5. The maximum Gasteiger partial charge on any atom is 0.257 e. The van der Waals surface area contributed by atoms with Crippen LogP contribution in [0.4, 0.5) is 4.39 Å². The molecule has 1 saturated carbocycles. The van der Waals surface area contributed by atoms with E-state index in [-0.39, 0.29) is 30.2 Å². The first-order valence-electron chi connectivity index (χ1n) is 13.5. The molecule has 0 saturated heterocycles. The van der Waals surface area contributed by atoms with Crippen molar-refractivity contribution in [3.05, 3.63) is 113 Å². The third-order valence-corrected chi connectivity index (χ3v) is 7.64. The number of benzene rings is 3. The molecule has 1 fully saturated rings. The van der Waals surface area contributed by atoms with Gasteiger partial charge in [0.2, 0.25) is 0 Å². The van der Waals surface area contributed by atoms with Gasteiger partial charge < -0.3 is 14.7 Å². The highest BCUT2D eigenvalue weighted by Crippen LogP contribution is 2.35. The second-order valence-electron chi connectivity index (χ2n) is 10.4. The summed E-state index contributed by atoms with van der Waals surface area (Å²) in [4.78, 5) is 15.7. The van der Waals surface area contributed by atoms with Crippen LogP contribution in [0.3, 0.4) is 0 Å². The topological polar surface area (TPSA) is 91.4 Å². The number of halogens is 1. The first-order chi connectivity index (χ1) is 19.5. The number of rotatable bonds is 8. The minimum atomic E-state index is -1.19. The van der Waals surface area contributed by atoms with Crippen LogP contribution in [-0.4, -0.2) is 37.8 Å². The van der Waals surface area contributed by atoms with Gasteiger partial charge in [0.25, 0.3) is 12.3 Å². The van der Waals surface area contributed by atoms with E-state index in [4.69, 9.17) is 10.00 Å². The van der Waals surface area contributed by atoms with Crippen LogP contribution in [0.1, 0.15) is 58.4 Å². The average Bonchev–Trinajstić information content (AvgIpc) is 3.73. The number of ether oxygens (including phenoxy) is 1. The second-order valence-corrected chi connectivity index (χ2v) is 10.4. The number of amides is 1. The minimum Gasteiger partial charge on any atom is -0.350 e. The predicted octanol–water partition coefficient (Wildman–Crippen LogP) is 5.39. The van der Waals surface area contributed by atoms with Crippen molar-refractivity contribution in [3.63, 3.8) is 0 Å². The lowest BCUT2D eigenvalue weighted by Gasteiger charge is -2.34. The number of hydrogen-bond acceptors (Lipinski definition) is 5. The number of nitrogens with zero attached hydrogens (tertiary/aromatic N) is 4. The van der Waals surface area contributed by atoms with Gasteiger partial charge in [0.15, 0.2) is 0 Å². The van der Waals surface area contributed by atoms with Crippen molar-refractivity contribution in [1.29, 1.82) is 5.26 Å². The Labute approximate surface area is 232 Å². The molecule has 1 N–H and O–H groups in total. The monoisotopic (exact) mass is 536 g/mol. The van der Waals surface area contributed by atoms with Gasteiger partial charge in [-0.1, -0.05) is 48.5 Å². The Kier molecular flexibility index (Phi) is 7.16. The van der Waals surface area contributed by atoms with E-state index in [1.54, 1.807) is 36.4 Å². The third-order valence-electron chi connectivity index (χ3n) is 7.64. The summed E-state index contributed by atoms with van der Waals surface area (Å²) in [6, 6.07) is 23.2. The molecule has 2 aliphatic rings. The molecule has 0 radical (unpaired) electrons. The Morgan fingerprint density at radius 2 is 1.88 bits per heavy atom. The SMILES string of the molecule is N#Cc1ccc(-c2ccc(C(=O)N(C3CC3)C3CCc4nn(C(O)OCc5ccccc5)cc4C3)cc2)c(F)c1. The standard InChI is InChI=1S/C32H29FN4O3/c33-29-16-22(18-34)6-14-28(29)23-7-9-24(10-8-23)31(38)37(26-11-12-26)27-13-15-30-25(17-27)19-36(35-30)32(39)40-20-21-4-2-1-3-5-21/h1-10,14,16,19,26-27,32,39H,11-13,15,17,20H2. The van der Waals surface area contributed by atoms with Crippen molar-refractivity contribution in [2.45, 2.75) is 57.2 Å². The lowest BCUT2D eigenvalue weighted by Crippen LogP contribution is -2.44. The largest absolute Gasteiger partial charge is 0.350 e. The molecule has 0 bridgehead atoms. The summed E-state index contributed by atoms with van der Waals surface area (Å²) < 4.78 is 21.6. The van der Waals surface area contributed by atoms with Crippen molar-refractivity contribution in [1.82, 2.24) is 14.7 Å². The Hall–Kier alpha value is -4.32. The lowest BCUT2D eigenvalue weighted by molar-refractivity contribution is -0.167. The number of aliphatic hydroxyl groups excluding tert-OH is 1. The van der Waals surface area contributed by atoms with Gasteiger partial charge in [-0.05, 0) is 73.1 Å². The van der Waals surface area contributed by atoms with Crippen molar-refractivity contribution in [2.24, 2.45) is 0 Å². The molecule has 6 rings (SSSR count). The zero-order valence-electron chi connectivity index (χ0n) is 21.9. The van der Waals surface area contributed by atoms with E-state index >= 15 is 0 Å². The summed E-state index contributed by atoms with van der Waals surface area (Å²) in [6.07, 6.45) is 4.77. The molecule has 8 heteroatoms. The molecule has 202 valence electrons. The molecule has 1 aromatic heterocycles.